The first-order valence-corrected chi connectivity index (χ1v) is 6.76. The summed E-state index contributed by atoms with van der Waals surface area (Å²) in [7, 11) is 1.41. The van der Waals surface area contributed by atoms with Gasteiger partial charge >= 0.3 is 12.1 Å². The number of rotatable bonds is 5. The molecule has 116 valence electrons. The van der Waals surface area contributed by atoms with Crippen LogP contribution in [0.3, 0.4) is 0 Å². The minimum Gasteiger partial charge on any atom is -0.481 e. The monoisotopic (exact) mass is 367 g/mol. The summed E-state index contributed by atoms with van der Waals surface area (Å²) in [4.78, 5) is 23.7. The number of hydrogen-bond donors (Lipinski definition) is 1. The van der Waals surface area contributed by atoms with Crippen LogP contribution in [0.15, 0.2) is 22.7 Å². The number of halogens is 4. The molecule has 8 heteroatoms. The van der Waals surface area contributed by atoms with Crippen molar-refractivity contribution in [2.24, 2.45) is 0 Å². The van der Waals surface area contributed by atoms with E-state index in [1.807, 2.05) is 0 Å². The van der Waals surface area contributed by atoms with Gasteiger partial charge in [-0.1, -0.05) is 0 Å². The molecular formula is C13H13BrF3NO3. The molecule has 0 heterocycles. The van der Waals surface area contributed by atoms with Crippen molar-refractivity contribution in [3.63, 3.8) is 0 Å². The summed E-state index contributed by atoms with van der Waals surface area (Å²) in [5.74, 6) is -1.59. The van der Waals surface area contributed by atoms with Crippen LogP contribution in [-0.2, 0) is 11.0 Å². The molecule has 1 aromatic rings. The molecule has 0 aliphatic carbocycles. The number of hydrogen-bond acceptors (Lipinski definition) is 2. The van der Waals surface area contributed by atoms with E-state index in [9.17, 15) is 22.8 Å². The Labute approximate surface area is 127 Å². The third kappa shape index (κ3) is 5.04. The average Bonchev–Trinajstić information content (AvgIpc) is 2.36. The van der Waals surface area contributed by atoms with Crippen molar-refractivity contribution in [1.29, 1.82) is 0 Å². The van der Waals surface area contributed by atoms with Crippen LogP contribution in [-0.4, -0.2) is 35.5 Å². The molecule has 4 nitrogen and oxygen atoms in total. The van der Waals surface area contributed by atoms with Crippen LogP contribution in [0.2, 0.25) is 0 Å². The molecule has 0 saturated carbocycles. The fraction of sp³-hybridized carbons (Fsp3) is 0.385. The van der Waals surface area contributed by atoms with E-state index in [0.717, 1.165) is 12.1 Å². The Balaban J connectivity index is 2.88. The third-order valence-electron chi connectivity index (χ3n) is 2.75. The number of alkyl halides is 3. The van der Waals surface area contributed by atoms with Crippen LogP contribution in [0.4, 0.5) is 13.2 Å². The van der Waals surface area contributed by atoms with Crippen molar-refractivity contribution in [3.8, 4) is 0 Å². The number of benzene rings is 1. The Morgan fingerprint density at radius 2 is 1.95 bits per heavy atom. The molecule has 1 aromatic carbocycles. The van der Waals surface area contributed by atoms with E-state index in [2.05, 4.69) is 15.9 Å². The minimum atomic E-state index is -4.53. The highest BCUT2D eigenvalue weighted by atomic mass is 79.9. The number of nitrogens with zero attached hydrogens (tertiary/aromatic N) is 1. The van der Waals surface area contributed by atoms with Gasteiger partial charge in [0.05, 0.1) is 11.1 Å². The third-order valence-corrected chi connectivity index (χ3v) is 3.45. The Bertz CT molecular complexity index is 546. The van der Waals surface area contributed by atoms with Crippen molar-refractivity contribution in [2.75, 3.05) is 13.6 Å². The van der Waals surface area contributed by atoms with Gasteiger partial charge in [0.2, 0.25) is 0 Å². The summed E-state index contributed by atoms with van der Waals surface area (Å²) in [5, 5.41) is 8.52. The summed E-state index contributed by atoms with van der Waals surface area (Å²) in [6, 6.07) is 2.83. The van der Waals surface area contributed by atoms with Gasteiger partial charge < -0.3 is 10.0 Å². The Hall–Kier alpha value is -1.57. The zero-order valence-corrected chi connectivity index (χ0v) is 12.7. The Morgan fingerprint density at radius 1 is 1.33 bits per heavy atom. The Morgan fingerprint density at radius 3 is 2.48 bits per heavy atom. The molecule has 1 N–H and O–H groups in total. The standard InChI is InChI=1S/C13H13BrF3NO3/c1-18(6-2-3-11(19)20)12(21)9-7-8(13(15,16)17)4-5-10(9)14/h4-5,7H,2-3,6H2,1H3,(H,19,20). The second-order valence-corrected chi connectivity index (χ2v) is 5.27. The van der Waals surface area contributed by atoms with Gasteiger partial charge in [0.1, 0.15) is 0 Å². The van der Waals surface area contributed by atoms with Gasteiger partial charge in [0.25, 0.3) is 5.91 Å². The average molecular weight is 368 g/mol. The zero-order valence-electron chi connectivity index (χ0n) is 11.1. The number of amides is 1. The van der Waals surface area contributed by atoms with Crippen LogP contribution < -0.4 is 0 Å². The molecule has 0 bridgehead atoms. The summed E-state index contributed by atoms with van der Waals surface area (Å²) < 4.78 is 38.2. The van der Waals surface area contributed by atoms with E-state index >= 15 is 0 Å². The molecule has 0 aromatic heterocycles. The maximum Gasteiger partial charge on any atom is 0.416 e. The highest BCUT2D eigenvalue weighted by molar-refractivity contribution is 9.10. The molecule has 0 fully saturated rings. The van der Waals surface area contributed by atoms with Crippen LogP contribution in [0.5, 0.6) is 0 Å². The van der Waals surface area contributed by atoms with Gasteiger partial charge in [-0.05, 0) is 40.5 Å². The van der Waals surface area contributed by atoms with Gasteiger partial charge in [-0.2, -0.15) is 13.2 Å². The smallest absolute Gasteiger partial charge is 0.416 e. The van der Waals surface area contributed by atoms with Crippen LogP contribution in [0.25, 0.3) is 0 Å². The molecule has 0 aliphatic heterocycles. The maximum absolute atomic E-state index is 12.7. The van der Waals surface area contributed by atoms with Crippen LogP contribution in [0.1, 0.15) is 28.8 Å². The van der Waals surface area contributed by atoms with Gasteiger partial charge in [-0.15, -0.1) is 0 Å². The minimum absolute atomic E-state index is 0.109. The zero-order chi connectivity index (χ0) is 16.2. The number of carbonyl (C=O) groups is 2. The number of carboxylic acids is 1. The topological polar surface area (TPSA) is 57.6 Å². The first-order chi connectivity index (χ1) is 9.62. The van der Waals surface area contributed by atoms with E-state index in [4.69, 9.17) is 5.11 Å². The second kappa shape index (κ2) is 6.93. The normalized spacial score (nSPS) is 11.3. The lowest BCUT2D eigenvalue weighted by Crippen LogP contribution is -2.28. The fourth-order valence-electron chi connectivity index (χ4n) is 1.64. The van der Waals surface area contributed by atoms with Crippen LogP contribution in [0, 0.1) is 0 Å². The molecular weight excluding hydrogens is 355 g/mol. The largest absolute Gasteiger partial charge is 0.481 e. The highest BCUT2D eigenvalue weighted by Gasteiger charge is 2.31. The van der Waals surface area contributed by atoms with Crippen molar-refractivity contribution < 1.29 is 27.9 Å². The molecule has 0 unspecified atom stereocenters. The molecule has 0 atom stereocenters. The molecule has 21 heavy (non-hydrogen) atoms. The SMILES string of the molecule is CN(CCCC(=O)O)C(=O)c1cc(C(F)(F)F)ccc1Br. The van der Waals surface area contributed by atoms with Crippen molar-refractivity contribution in [1.82, 2.24) is 4.90 Å². The molecule has 0 spiro atoms. The summed E-state index contributed by atoms with van der Waals surface area (Å²) in [6.07, 6.45) is -4.41. The Kier molecular flexibility index (Phi) is 5.77. The van der Waals surface area contributed by atoms with Gasteiger partial charge in [0, 0.05) is 24.5 Å². The van der Waals surface area contributed by atoms with Crippen molar-refractivity contribution in [3.05, 3.63) is 33.8 Å². The fourth-order valence-corrected chi connectivity index (χ4v) is 2.06. The predicted octanol–water partition coefficient (Wildman–Crippen LogP) is 3.40. The molecule has 1 rings (SSSR count). The second-order valence-electron chi connectivity index (χ2n) is 4.42. The summed E-state index contributed by atoms with van der Waals surface area (Å²) in [6.45, 7) is 0.147. The van der Waals surface area contributed by atoms with Gasteiger partial charge in [0.15, 0.2) is 0 Å². The summed E-state index contributed by atoms with van der Waals surface area (Å²) in [5.41, 5.74) is -1.02. The number of carbonyl (C=O) groups excluding carboxylic acids is 1. The summed E-state index contributed by atoms with van der Waals surface area (Å²) >= 11 is 3.05. The predicted molar refractivity (Wildman–Crippen MR) is 73.0 cm³/mol. The first kappa shape index (κ1) is 17.5. The van der Waals surface area contributed by atoms with E-state index < -0.39 is 23.6 Å². The van der Waals surface area contributed by atoms with Crippen molar-refractivity contribution >= 4 is 27.8 Å². The molecule has 0 aliphatic rings. The molecule has 1 amide bonds. The quantitative estimate of drug-likeness (QED) is 0.867. The van der Waals surface area contributed by atoms with E-state index in [-0.39, 0.29) is 29.4 Å². The lowest BCUT2D eigenvalue weighted by Gasteiger charge is -2.18. The number of aliphatic carboxylic acids is 1. The molecule has 0 radical (unpaired) electrons. The van der Waals surface area contributed by atoms with Gasteiger partial charge in [-0.25, -0.2) is 0 Å². The molecule has 0 saturated heterocycles. The van der Waals surface area contributed by atoms with E-state index in [1.54, 1.807) is 0 Å². The number of carboxylic acid groups (broad SMARTS) is 1. The van der Waals surface area contributed by atoms with Crippen LogP contribution >= 0.6 is 15.9 Å². The first-order valence-electron chi connectivity index (χ1n) is 5.97. The lowest BCUT2D eigenvalue weighted by atomic mass is 10.1. The lowest BCUT2D eigenvalue weighted by molar-refractivity contribution is -0.138. The van der Waals surface area contributed by atoms with E-state index in [1.165, 1.54) is 18.0 Å². The maximum atomic E-state index is 12.7. The highest BCUT2D eigenvalue weighted by Crippen LogP contribution is 2.32. The van der Waals surface area contributed by atoms with Gasteiger partial charge in [-0.3, -0.25) is 9.59 Å². The van der Waals surface area contributed by atoms with Crippen molar-refractivity contribution in [2.45, 2.75) is 19.0 Å². The van der Waals surface area contributed by atoms with E-state index in [0.29, 0.717) is 0 Å².